The Morgan fingerprint density at radius 3 is 2.10 bits per heavy atom. The summed E-state index contributed by atoms with van der Waals surface area (Å²) >= 11 is 0. The average Bonchev–Trinajstić information content (AvgIpc) is 2.41. The summed E-state index contributed by atoms with van der Waals surface area (Å²) in [6, 6.07) is 0. The van der Waals surface area contributed by atoms with Crippen LogP contribution in [-0.4, -0.2) is 11.7 Å². The van der Waals surface area contributed by atoms with Crippen molar-refractivity contribution in [3.05, 3.63) is 12.2 Å². The van der Waals surface area contributed by atoms with Crippen molar-refractivity contribution in [1.82, 2.24) is 0 Å². The fourth-order valence-corrected chi connectivity index (χ4v) is 4.07. The molecule has 3 unspecified atom stereocenters. The molecule has 1 saturated carbocycles. The van der Waals surface area contributed by atoms with Crippen LogP contribution in [0.15, 0.2) is 12.2 Å². The standard InChI is InChI=1S/C19H34O/c1-3-15-19(2)16-14-17-12-10-8-6-4-5-7-9-11-13-18(17)20-19/h3,15,17-18H,4-14,16H2,1-2H3. The van der Waals surface area contributed by atoms with E-state index in [9.17, 15) is 0 Å². The monoisotopic (exact) mass is 278 g/mol. The average molecular weight is 278 g/mol. The first kappa shape index (κ1) is 16.1. The Kier molecular flexibility index (Phi) is 6.61. The zero-order valence-corrected chi connectivity index (χ0v) is 13.7. The molecule has 2 aliphatic rings. The molecular weight excluding hydrogens is 244 g/mol. The van der Waals surface area contributed by atoms with E-state index in [4.69, 9.17) is 4.74 Å². The normalized spacial score (nSPS) is 37.9. The van der Waals surface area contributed by atoms with Gasteiger partial charge in [-0.25, -0.2) is 0 Å². The van der Waals surface area contributed by atoms with Crippen LogP contribution >= 0.6 is 0 Å². The molecule has 1 aliphatic heterocycles. The van der Waals surface area contributed by atoms with E-state index in [2.05, 4.69) is 26.0 Å². The Hall–Kier alpha value is -0.300. The predicted octanol–water partition coefficient (Wildman–Crippen LogP) is 6.03. The Morgan fingerprint density at radius 1 is 0.850 bits per heavy atom. The van der Waals surface area contributed by atoms with E-state index in [1.54, 1.807) is 0 Å². The van der Waals surface area contributed by atoms with Gasteiger partial charge in [-0.05, 0) is 45.4 Å². The summed E-state index contributed by atoms with van der Waals surface area (Å²) in [6.07, 6.45) is 21.7. The van der Waals surface area contributed by atoms with Gasteiger partial charge in [-0.2, -0.15) is 0 Å². The molecule has 0 aromatic heterocycles. The van der Waals surface area contributed by atoms with Gasteiger partial charge in [-0.3, -0.25) is 0 Å². The number of rotatable bonds is 1. The van der Waals surface area contributed by atoms with Gasteiger partial charge in [0.25, 0.3) is 0 Å². The second kappa shape index (κ2) is 8.22. The van der Waals surface area contributed by atoms with Gasteiger partial charge in [0.1, 0.15) is 0 Å². The summed E-state index contributed by atoms with van der Waals surface area (Å²) in [5.74, 6) is 0.827. The second-order valence-electron chi connectivity index (χ2n) is 7.17. The Labute approximate surface area is 126 Å². The summed E-state index contributed by atoms with van der Waals surface area (Å²) in [5.41, 5.74) is 0.00693. The van der Waals surface area contributed by atoms with E-state index in [0.29, 0.717) is 6.10 Å². The number of hydrogen-bond acceptors (Lipinski definition) is 1. The number of fused-ring (bicyclic) bond motifs is 1. The van der Waals surface area contributed by atoms with Crippen LogP contribution in [-0.2, 0) is 4.74 Å². The number of allylic oxidation sites excluding steroid dienone is 1. The molecule has 1 nitrogen and oxygen atoms in total. The predicted molar refractivity (Wildman–Crippen MR) is 87.0 cm³/mol. The van der Waals surface area contributed by atoms with Crippen molar-refractivity contribution in [1.29, 1.82) is 0 Å². The Morgan fingerprint density at radius 2 is 1.45 bits per heavy atom. The third kappa shape index (κ3) is 4.91. The number of ether oxygens (including phenoxy) is 1. The highest BCUT2D eigenvalue weighted by molar-refractivity contribution is 5.01. The SMILES string of the molecule is CC=CC1(C)CCC2CCCCCCCCCCC2O1. The molecule has 3 atom stereocenters. The first-order valence-corrected chi connectivity index (χ1v) is 9.05. The topological polar surface area (TPSA) is 9.23 Å². The van der Waals surface area contributed by atoms with Crippen LogP contribution in [0.5, 0.6) is 0 Å². The van der Waals surface area contributed by atoms with Crippen molar-refractivity contribution in [2.45, 2.75) is 103 Å². The molecule has 0 aromatic carbocycles. The molecule has 0 spiro atoms. The Bertz CT molecular complexity index is 296. The van der Waals surface area contributed by atoms with Crippen LogP contribution in [0.2, 0.25) is 0 Å². The molecule has 0 radical (unpaired) electrons. The van der Waals surface area contributed by atoms with Gasteiger partial charge >= 0.3 is 0 Å². The van der Waals surface area contributed by atoms with Gasteiger partial charge < -0.3 is 4.74 Å². The molecule has 2 rings (SSSR count). The van der Waals surface area contributed by atoms with Gasteiger partial charge in [0.05, 0.1) is 11.7 Å². The lowest BCUT2D eigenvalue weighted by Gasteiger charge is -2.42. The second-order valence-corrected chi connectivity index (χ2v) is 7.17. The molecule has 0 bridgehead atoms. The first-order chi connectivity index (χ1) is 9.73. The van der Waals surface area contributed by atoms with Crippen molar-refractivity contribution in [3.63, 3.8) is 0 Å². The van der Waals surface area contributed by atoms with Crippen molar-refractivity contribution in [3.8, 4) is 0 Å². The highest BCUT2D eigenvalue weighted by Crippen LogP contribution is 2.38. The molecule has 116 valence electrons. The van der Waals surface area contributed by atoms with Crippen LogP contribution in [0.4, 0.5) is 0 Å². The van der Waals surface area contributed by atoms with Crippen LogP contribution in [0.25, 0.3) is 0 Å². The van der Waals surface area contributed by atoms with Crippen LogP contribution in [0.3, 0.4) is 0 Å². The lowest BCUT2D eigenvalue weighted by atomic mass is 9.80. The summed E-state index contributed by atoms with van der Waals surface area (Å²) in [4.78, 5) is 0. The van der Waals surface area contributed by atoms with Gasteiger partial charge in [-0.15, -0.1) is 0 Å². The molecule has 0 N–H and O–H groups in total. The minimum absolute atomic E-state index is 0.00693. The maximum Gasteiger partial charge on any atom is 0.0838 e. The van der Waals surface area contributed by atoms with Crippen molar-refractivity contribution >= 4 is 0 Å². The third-order valence-corrected chi connectivity index (χ3v) is 5.29. The fraction of sp³-hybridized carbons (Fsp3) is 0.895. The van der Waals surface area contributed by atoms with Gasteiger partial charge in [0.15, 0.2) is 0 Å². The van der Waals surface area contributed by atoms with Crippen LogP contribution in [0.1, 0.15) is 90.9 Å². The highest BCUT2D eigenvalue weighted by Gasteiger charge is 2.36. The van der Waals surface area contributed by atoms with Gasteiger partial charge in [0.2, 0.25) is 0 Å². The van der Waals surface area contributed by atoms with Crippen molar-refractivity contribution < 1.29 is 4.74 Å². The van der Waals surface area contributed by atoms with E-state index in [1.807, 2.05) is 0 Å². The Balaban J connectivity index is 1.93. The smallest absolute Gasteiger partial charge is 0.0838 e. The van der Waals surface area contributed by atoms with Gasteiger partial charge in [-0.1, -0.05) is 63.5 Å². The lowest BCUT2D eigenvalue weighted by Crippen LogP contribution is -2.41. The maximum atomic E-state index is 6.54. The maximum absolute atomic E-state index is 6.54. The van der Waals surface area contributed by atoms with E-state index < -0.39 is 0 Å². The van der Waals surface area contributed by atoms with E-state index in [1.165, 1.54) is 77.0 Å². The van der Waals surface area contributed by atoms with Crippen molar-refractivity contribution in [2.24, 2.45) is 5.92 Å². The quantitative estimate of drug-likeness (QED) is 0.532. The summed E-state index contributed by atoms with van der Waals surface area (Å²) in [7, 11) is 0. The zero-order valence-electron chi connectivity index (χ0n) is 13.7. The van der Waals surface area contributed by atoms with E-state index >= 15 is 0 Å². The molecule has 0 amide bonds. The molecule has 20 heavy (non-hydrogen) atoms. The molecule has 1 saturated heterocycles. The third-order valence-electron chi connectivity index (χ3n) is 5.29. The molecule has 0 aromatic rings. The minimum atomic E-state index is 0.00693. The zero-order chi connectivity index (χ0) is 14.3. The number of hydrogen-bond donors (Lipinski definition) is 0. The minimum Gasteiger partial charge on any atom is -0.368 e. The van der Waals surface area contributed by atoms with Crippen LogP contribution in [0, 0.1) is 5.92 Å². The summed E-state index contributed by atoms with van der Waals surface area (Å²) < 4.78 is 6.54. The molecule has 1 heteroatoms. The molecular formula is C19H34O. The summed E-state index contributed by atoms with van der Waals surface area (Å²) in [5, 5.41) is 0. The van der Waals surface area contributed by atoms with E-state index in [-0.39, 0.29) is 5.60 Å². The first-order valence-electron chi connectivity index (χ1n) is 9.05. The van der Waals surface area contributed by atoms with Crippen molar-refractivity contribution in [2.75, 3.05) is 0 Å². The van der Waals surface area contributed by atoms with E-state index in [0.717, 1.165) is 5.92 Å². The highest BCUT2D eigenvalue weighted by atomic mass is 16.5. The van der Waals surface area contributed by atoms with Gasteiger partial charge in [0, 0.05) is 0 Å². The summed E-state index contributed by atoms with van der Waals surface area (Å²) in [6.45, 7) is 4.39. The molecule has 2 fully saturated rings. The molecule has 1 heterocycles. The lowest BCUT2D eigenvalue weighted by molar-refractivity contribution is -0.123. The fourth-order valence-electron chi connectivity index (χ4n) is 4.07. The van der Waals surface area contributed by atoms with Crippen LogP contribution < -0.4 is 0 Å². The largest absolute Gasteiger partial charge is 0.368 e. The molecule has 1 aliphatic carbocycles.